The lowest BCUT2D eigenvalue weighted by Crippen LogP contribution is -2.39. The summed E-state index contributed by atoms with van der Waals surface area (Å²) in [5, 5.41) is 0. The van der Waals surface area contributed by atoms with Gasteiger partial charge >= 0.3 is 0 Å². The monoisotopic (exact) mass is 240 g/mol. The third kappa shape index (κ3) is 4.69. The lowest BCUT2D eigenvalue weighted by atomic mass is 10.2. The molecule has 0 aliphatic rings. The van der Waals surface area contributed by atoms with Crippen molar-refractivity contribution in [2.24, 2.45) is 0 Å². The number of hydrogen-bond acceptors (Lipinski definition) is 3. The second-order valence-corrected chi connectivity index (χ2v) is 4.59. The van der Waals surface area contributed by atoms with Gasteiger partial charge in [-0.05, 0) is 33.8 Å². The molecule has 3 nitrogen and oxygen atoms in total. The predicted molar refractivity (Wildman–Crippen MR) is 66.7 cm³/mol. The van der Waals surface area contributed by atoms with E-state index in [9.17, 15) is 4.39 Å². The normalized spacial score (nSPS) is 11.5. The van der Waals surface area contributed by atoms with E-state index in [4.69, 9.17) is 4.74 Å². The van der Waals surface area contributed by atoms with Gasteiger partial charge in [-0.25, -0.2) is 4.98 Å². The van der Waals surface area contributed by atoms with Crippen molar-refractivity contribution in [2.75, 3.05) is 13.2 Å². The molecular formula is C13H21FN2O. The van der Waals surface area contributed by atoms with Crippen molar-refractivity contribution in [3.05, 3.63) is 24.3 Å². The van der Waals surface area contributed by atoms with E-state index in [1.165, 1.54) is 12.3 Å². The van der Waals surface area contributed by atoms with Gasteiger partial charge in [0.2, 0.25) is 5.95 Å². The highest BCUT2D eigenvalue weighted by molar-refractivity contribution is 5.17. The van der Waals surface area contributed by atoms with Crippen molar-refractivity contribution < 1.29 is 9.13 Å². The number of hydrogen-bond donors (Lipinski definition) is 0. The molecule has 0 fully saturated rings. The second-order valence-electron chi connectivity index (χ2n) is 4.59. The Morgan fingerprint density at radius 3 is 2.47 bits per heavy atom. The molecule has 0 atom stereocenters. The van der Waals surface area contributed by atoms with Crippen molar-refractivity contribution >= 4 is 0 Å². The molecule has 96 valence electrons. The average Bonchev–Trinajstić information content (AvgIpc) is 2.23. The van der Waals surface area contributed by atoms with E-state index in [1.807, 2.05) is 0 Å². The molecule has 0 aromatic carbocycles. The van der Waals surface area contributed by atoms with E-state index in [1.54, 1.807) is 6.07 Å². The van der Waals surface area contributed by atoms with Crippen LogP contribution in [0.3, 0.4) is 0 Å². The lowest BCUT2D eigenvalue weighted by molar-refractivity contribution is 0.141. The first-order chi connectivity index (χ1) is 8.00. The van der Waals surface area contributed by atoms with Crippen molar-refractivity contribution in [2.45, 2.75) is 39.8 Å². The largest absolute Gasteiger partial charge is 0.492 e. The number of halogens is 1. The number of nitrogens with zero attached hydrogens (tertiary/aromatic N) is 2. The quantitative estimate of drug-likeness (QED) is 0.715. The van der Waals surface area contributed by atoms with Crippen LogP contribution in [0, 0.1) is 5.95 Å². The maximum absolute atomic E-state index is 12.8. The number of pyridine rings is 1. The number of ether oxygens (including phenoxy) is 1. The SMILES string of the molecule is CC(C)N(CCOc1ccnc(F)c1)C(C)C. The zero-order valence-electron chi connectivity index (χ0n) is 11.0. The Balaban J connectivity index is 2.41. The fraction of sp³-hybridized carbons (Fsp3) is 0.615. The maximum atomic E-state index is 12.8. The van der Waals surface area contributed by atoms with Crippen molar-refractivity contribution in [3.8, 4) is 5.75 Å². The van der Waals surface area contributed by atoms with Crippen LogP contribution in [0.2, 0.25) is 0 Å². The first kappa shape index (κ1) is 13.9. The molecule has 1 aromatic rings. The van der Waals surface area contributed by atoms with Gasteiger partial charge < -0.3 is 4.74 Å². The van der Waals surface area contributed by atoms with Crippen LogP contribution in [-0.2, 0) is 0 Å². The average molecular weight is 240 g/mol. The van der Waals surface area contributed by atoms with Crippen LogP contribution in [-0.4, -0.2) is 35.1 Å². The molecule has 0 N–H and O–H groups in total. The summed E-state index contributed by atoms with van der Waals surface area (Å²) in [5.74, 6) is 0.0250. The molecule has 1 rings (SSSR count). The summed E-state index contributed by atoms with van der Waals surface area (Å²) in [5.41, 5.74) is 0. The van der Waals surface area contributed by atoms with E-state index in [-0.39, 0.29) is 0 Å². The van der Waals surface area contributed by atoms with Crippen molar-refractivity contribution in [1.82, 2.24) is 9.88 Å². The number of rotatable bonds is 6. The molecule has 1 heterocycles. The highest BCUT2D eigenvalue weighted by Crippen LogP contribution is 2.10. The zero-order valence-corrected chi connectivity index (χ0v) is 11.0. The summed E-state index contributed by atoms with van der Waals surface area (Å²) in [6.07, 6.45) is 1.41. The van der Waals surface area contributed by atoms with Gasteiger partial charge in [-0.2, -0.15) is 4.39 Å². The van der Waals surface area contributed by atoms with Gasteiger partial charge in [-0.1, -0.05) is 0 Å². The minimum atomic E-state index is -0.507. The summed E-state index contributed by atoms with van der Waals surface area (Å²) < 4.78 is 18.3. The Morgan fingerprint density at radius 1 is 1.29 bits per heavy atom. The Bertz CT molecular complexity index is 334. The second kappa shape index (κ2) is 6.55. The van der Waals surface area contributed by atoms with Crippen LogP contribution >= 0.6 is 0 Å². The summed E-state index contributed by atoms with van der Waals surface area (Å²) in [7, 11) is 0. The summed E-state index contributed by atoms with van der Waals surface area (Å²) in [4.78, 5) is 5.81. The van der Waals surface area contributed by atoms with Gasteiger partial charge in [-0.3, -0.25) is 4.90 Å². The van der Waals surface area contributed by atoms with Gasteiger partial charge in [-0.15, -0.1) is 0 Å². The Morgan fingerprint density at radius 2 is 1.94 bits per heavy atom. The van der Waals surface area contributed by atoms with E-state index < -0.39 is 5.95 Å². The van der Waals surface area contributed by atoms with E-state index >= 15 is 0 Å². The van der Waals surface area contributed by atoms with Gasteiger partial charge in [0.15, 0.2) is 0 Å². The summed E-state index contributed by atoms with van der Waals surface area (Å²) in [6, 6.07) is 3.92. The first-order valence-corrected chi connectivity index (χ1v) is 6.00. The van der Waals surface area contributed by atoms with Gasteiger partial charge in [0.05, 0.1) is 0 Å². The third-order valence-corrected chi connectivity index (χ3v) is 2.64. The highest BCUT2D eigenvalue weighted by atomic mass is 19.1. The van der Waals surface area contributed by atoms with Gasteiger partial charge in [0.25, 0.3) is 0 Å². The molecule has 0 unspecified atom stereocenters. The summed E-state index contributed by atoms with van der Waals surface area (Å²) >= 11 is 0. The van der Waals surface area contributed by atoms with Crippen LogP contribution in [0.25, 0.3) is 0 Å². The Hall–Kier alpha value is -1.16. The standard InChI is InChI=1S/C13H21FN2O/c1-10(2)16(11(3)4)7-8-17-12-5-6-15-13(14)9-12/h5-6,9-11H,7-8H2,1-4H3. The van der Waals surface area contributed by atoms with Crippen LogP contribution in [0.1, 0.15) is 27.7 Å². The van der Waals surface area contributed by atoms with Crippen LogP contribution < -0.4 is 4.74 Å². The smallest absolute Gasteiger partial charge is 0.216 e. The molecule has 4 heteroatoms. The molecular weight excluding hydrogens is 219 g/mol. The third-order valence-electron chi connectivity index (χ3n) is 2.64. The minimum absolute atomic E-state index is 0.479. The molecule has 0 aliphatic carbocycles. The van der Waals surface area contributed by atoms with Crippen LogP contribution in [0.5, 0.6) is 5.75 Å². The van der Waals surface area contributed by atoms with E-state index in [0.29, 0.717) is 24.4 Å². The fourth-order valence-electron chi connectivity index (χ4n) is 1.86. The van der Waals surface area contributed by atoms with Crippen molar-refractivity contribution in [1.29, 1.82) is 0 Å². The van der Waals surface area contributed by atoms with Crippen LogP contribution in [0.15, 0.2) is 18.3 Å². The topological polar surface area (TPSA) is 25.4 Å². The highest BCUT2D eigenvalue weighted by Gasteiger charge is 2.12. The van der Waals surface area contributed by atoms with E-state index in [0.717, 1.165) is 6.54 Å². The Kier molecular flexibility index (Phi) is 5.35. The molecule has 0 spiro atoms. The maximum Gasteiger partial charge on any atom is 0.216 e. The molecule has 0 saturated heterocycles. The molecule has 17 heavy (non-hydrogen) atoms. The molecule has 0 bridgehead atoms. The Labute approximate surface area is 103 Å². The summed E-state index contributed by atoms with van der Waals surface area (Å²) in [6.45, 7) is 10.0. The van der Waals surface area contributed by atoms with E-state index in [2.05, 4.69) is 37.6 Å². The van der Waals surface area contributed by atoms with Gasteiger partial charge in [0.1, 0.15) is 12.4 Å². The van der Waals surface area contributed by atoms with Crippen LogP contribution in [0.4, 0.5) is 4.39 Å². The molecule has 1 aromatic heterocycles. The molecule has 0 aliphatic heterocycles. The lowest BCUT2D eigenvalue weighted by Gasteiger charge is -2.30. The predicted octanol–water partition coefficient (Wildman–Crippen LogP) is 2.72. The first-order valence-electron chi connectivity index (χ1n) is 6.00. The minimum Gasteiger partial charge on any atom is -0.492 e. The zero-order chi connectivity index (χ0) is 12.8. The molecule has 0 radical (unpaired) electrons. The molecule has 0 amide bonds. The fourth-order valence-corrected chi connectivity index (χ4v) is 1.86. The molecule has 0 saturated carbocycles. The number of aromatic nitrogens is 1. The van der Waals surface area contributed by atoms with Crippen molar-refractivity contribution in [3.63, 3.8) is 0 Å². The van der Waals surface area contributed by atoms with Gasteiger partial charge in [0, 0.05) is 30.9 Å².